The van der Waals surface area contributed by atoms with Gasteiger partial charge in [0, 0.05) is 0 Å². The summed E-state index contributed by atoms with van der Waals surface area (Å²) in [5.41, 5.74) is 0. The molecule has 1 unspecified atom stereocenters. The van der Waals surface area contributed by atoms with Gasteiger partial charge in [0.25, 0.3) is 0 Å². The van der Waals surface area contributed by atoms with Crippen molar-refractivity contribution in [3.63, 3.8) is 0 Å². The van der Waals surface area contributed by atoms with E-state index in [4.69, 9.17) is 5.11 Å². The Bertz CT molecular complexity index is 346. The summed E-state index contributed by atoms with van der Waals surface area (Å²) < 4.78 is 64.2. The van der Waals surface area contributed by atoms with Crippen LogP contribution in [0.25, 0.3) is 0 Å². The molecule has 0 aliphatic heterocycles. The highest BCUT2D eigenvalue weighted by Gasteiger charge is 2.63. The first-order chi connectivity index (χ1) is 6.66. The van der Waals surface area contributed by atoms with Crippen LogP contribution in [0.1, 0.15) is 24.7 Å². The molecule has 0 bridgehead atoms. The van der Waals surface area contributed by atoms with Crippen molar-refractivity contribution in [2.45, 2.75) is 25.1 Å². The Labute approximate surface area is 79.7 Å². The fourth-order valence-electron chi connectivity index (χ4n) is 0.653. The van der Waals surface area contributed by atoms with Crippen LogP contribution in [0.3, 0.4) is 0 Å². The lowest BCUT2D eigenvalue weighted by Gasteiger charge is -2.14. The lowest BCUT2D eigenvalue weighted by molar-refractivity contribution is -0.298. The predicted molar refractivity (Wildman–Crippen MR) is 34.9 cm³/mol. The summed E-state index contributed by atoms with van der Waals surface area (Å²) in [4.78, 5) is 2.75. The van der Waals surface area contributed by atoms with Gasteiger partial charge in [0.15, 0.2) is 5.82 Å². The van der Waals surface area contributed by atoms with Crippen LogP contribution >= 0.6 is 0 Å². The molecule has 86 valence electrons. The maximum Gasteiger partial charge on any atom is 0.463 e. The molecule has 1 rings (SSSR count). The second kappa shape index (κ2) is 3.40. The third-order valence-electron chi connectivity index (χ3n) is 1.44. The predicted octanol–water partition coefficient (Wildman–Crippen LogP) is 1.78. The van der Waals surface area contributed by atoms with Crippen LogP contribution in [-0.2, 0) is 5.92 Å². The Balaban J connectivity index is 3.06. The van der Waals surface area contributed by atoms with Crippen LogP contribution < -0.4 is 0 Å². The largest absolute Gasteiger partial charge is 0.463 e. The summed E-state index contributed by atoms with van der Waals surface area (Å²) in [6.07, 6.45) is -7.19. The molecule has 0 aliphatic carbocycles. The summed E-state index contributed by atoms with van der Waals surface area (Å²) in [7, 11) is 0. The van der Waals surface area contributed by atoms with Crippen LogP contribution in [-0.4, -0.2) is 21.4 Å². The van der Waals surface area contributed by atoms with Crippen LogP contribution in [0.15, 0.2) is 4.52 Å². The summed E-state index contributed by atoms with van der Waals surface area (Å²) in [5.74, 6) is -7.73. The molecular weight excluding hydrogens is 227 g/mol. The second-order valence-electron chi connectivity index (χ2n) is 2.71. The van der Waals surface area contributed by atoms with E-state index in [0.717, 1.165) is 6.92 Å². The molecule has 4 nitrogen and oxygen atoms in total. The number of aliphatic hydroxyl groups excluding tert-OH is 1. The van der Waals surface area contributed by atoms with Gasteiger partial charge in [-0.3, -0.25) is 0 Å². The summed E-state index contributed by atoms with van der Waals surface area (Å²) >= 11 is 0. The van der Waals surface area contributed by atoms with Gasteiger partial charge in [-0.15, -0.1) is 0 Å². The van der Waals surface area contributed by atoms with E-state index in [1.165, 1.54) is 0 Å². The van der Waals surface area contributed by atoms with Crippen LogP contribution in [0.4, 0.5) is 22.0 Å². The van der Waals surface area contributed by atoms with Crippen molar-refractivity contribution in [1.29, 1.82) is 0 Å². The van der Waals surface area contributed by atoms with Crippen LogP contribution in [0, 0.1) is 0 Å². The normalized spacial score (nSPS) is 15.4. The van der Waals surface area contributed by atoms with E-state index in [0.29, 0.717) is 0 Å². The minimum atomic E-state index is -5.81. The quantitative estimate of drug-likeness (QED) is 0.789. The van der Waals surface area contributed by atoms with Gasteiger partial charge in [-0.1, -0.05) is 5.16 Å². The number of hydrogen-bond acceptors (Lipinski definition) is 4. The molecule has 0 radical (unpaired) electrons. The monoisotopic (exact) mass is 232 g/mol. The number of nitrogens with zero attached hydrogens (tertiary/aromatic N) is 2. The van der Waals surface area contributed by atoms with Crippen molar-refractivity contribution in [3.8, 4) is 0 Å². The maximum absolute atomic E-state index is 12.5. The zero-order chi connectivity index (χ0) is 11.9. The van der Waals surface area contributed by atoms with E-state index in [1.54, 1.807) is 0 Å². The molecule has 1 aromatic heterocycles. The standard InChI is InChI=1S/C6H5F5N2O2/c1-2(14)3-12-4(15-13-3)5(7,8)6(9,10)11/h2,14H,1H3. The fourth-order valence-corrected chi connectivity index (χ4v) is 0.653. The van der Waals surface area contributed by atoms with Crippen molar-refractivity contribution in [2.75, 3.05) is 0 Å². The van der Waals surface area contributed by atoms with Gasteiger partial charge in [-0.25, -0.2) is 0 Å². The molecule has 0 spiro atoms. The topological polar surface area (TPSA) is 59.2 Å². The smallest absolute Gasteiger partial charge is 0.385 e. The number of halogens is 5. The molecule has 1 aromatic rings. The molecule has 1 N–H and O–H groups in total. The fraction of sp³-hybridized carbons (Fsp3) is 0.667. The zero-order valence-electron chi connectivity index (χ0n) is 7.22. The Morgan fingerprint density at radius 1 is 1.27 bits per heavy atom. The van der Waals surface area contributed by atoms with Crippen molar-refractivity contribution in [3.05, 3.63) is 11.7 Å². The number of hydrogen-bond donors (Lipinski definition) is 1. The van der Waals surface area contributed by atoms with E-state index in [-0.39, 0.29) is 0 Å². The van der Waals surface area contributed by atoms with E-state index < -0.39 is 29.9 Å². The summed E-state index contributed by atoms with van der Waals surface area (Å²) in [6.45, 7) is 1.10. The molecule has 9 heteroatoms. The van der Waals surface area contributed by atoms with E-state index in [2.05, 4.69) is 14.7 Å². The highest BCUT2D eigenvalue weighted by Crippen LogP contribution is 2.43. The molecule has 0 amide bonds. The third kappa shape index (κ3) is 2.06. The van der Waals surface area contributed by atoms with Gasteiger partial charge in [0.1, 0.15) is 6.10 Å². The van der Waals surface area contributed by atoms with Gasteiger partial charge in [-0.05, 0) is 6.92 Å². The molecule has 15 heavy (non-hydrogen) atoms. The van der Waals surface area contributed by atoms with Crippen molar-refractivity contribution in [1.82, 2.24) is 10.1 Å². The van der Waals surface area contributed by atoms with E-state index in [1.807, 2.05) is 0 Å². The molecule has 0 saturated heterocycles. The van der Waals surface area contributed by atoms with Crippen LogP contribution in [0.2, 0.25) is 0 Å². The molecule has 0 fully saturated rings. The Hall–Kier alpha value is -1.25. The molecule has 0 aromatic carbocycles. The van der Waals surface area contributed by atoms with Crippen LogP contribution in [0.5, 0.6) is 0 Å². The molecule has 1 atom stereocenters. The number of aromatic nitrogens is 2. The average molecular weight is 232 g/mol. The first kappa shape index (κ1) is 11.8. The molecular formula is C6H5F5N2O2. The lowest BCUT2D eigenvalue weighted by Crippen LogP contribution is -2.34. The Morgan fingerprint density at radius 2 is 1.80 bits per heavy atom. The van der Waals surface area contributed by atoms with Crippen molar-refractivity contribution >= 4 is 0 Å². The highest BCUT2D eigenvalue weighted by atomic mass is 19.4. The average Bonchev–Trinajstić information content (AvgIpc) is 2.49. The molecule has 1 heterocycles. The van der Waals surface area contributed by atoms with E-state index >= 15 is 0 Å². The molecule has 0 saturated carbocycles. The number of aliphatic hydroxyl groups is 1. The van der Waals surface area contributed by atoms with Gasteiger partial charge in [0.2, 0.25) is 0 Å². The second-order valence-corrected chi connectivity index (χ2v) is 2.71. The first-order valence-electron chi connectivity index (χ1n) is 3.63. The Kier molecular flexibility index (Phi) is 2.68. The maximum atomic E-state index is 12.5. The zero-order valence-corrected chi connectivity index (χ0v) is 7.22. The SMILES string of the molecule is CC(O)c1noc(C(F)(F)C(F)(F)F)n1. The first-order valence-corrected chi connectivity index (χ1v) is 3.63. The Morgan fingerprint density at radius 3 is 2.13 bits per heavy atom. The summed E-state index contributed by atoms with van der Waals surface area (Å²) in [6, 6.07) is 0. The van der Waals surface area contributed by atoms with Gasteiger partial charge in [-0.2, -0.15) is 26.9 Å². The van der Waals surface area contributed by atoms with Gasteiger partial charge >= 0.3 is 18.0 Å². The van der Waals surface area contributed by atoms with Crippen molar-refractivity contribution in [2.24, 2.45) is 0 Å². The van der Waals surface area contributed by atoms with E-state index in [9.17, 15) is 22.0 Å². The van der Waals surface area contributed by atoms with Gasteiger partial charge in [0.05, 0.1) is 0 Å². The number of alkyl halides is 5. The third-order valence-corrected chi connectivity index (χ3v) is 1.44. The minimum Gasteiger partial charge on any atom is -0.385 e. The lowest BCUT2D eigenvalue weighted by atomic mass is 10.3. The molecule has 0 aliphatic rings. The van der Waals surface area contributed by atoms with Gasteiger partial charge < -0.3 is 9.63 Å². The summed E-state index contributed by atoms with van der Waals surface area (Å²) in [5, 5.41) is 11.6. The van der Waals surface area contributed by atoms with Crippen molar-refractivity contribution < 1.29 is 31.6 Å². The minimum absolute atomic E-state index is 0.631. The number of rotatable bonds is 2. The highest BCUT2D eigenvalue weighted by molar-refractivity contribution is 4.98.